The lowest BCUT2D eigenvalue weighted by molar-refractivity contribution is 0.385. The molecule has 0 aromatic carbocycles. The van der Waals surface area contributed by atoms with Crippen molar-refractivity contribution in [3.8, 4) is 11.8 Å². The molecule has 0 fully saturated rings. The van der Waals surface area contributed by atoms with E-state index in [1.807, 2.05) is 0 Å². The molecule has 4 heteroatoms. The summed E-state index contributed by atoms with van der Waals surface area (Å²) in [6.45, 7) is 0. The van der Waals surface area contributed by atoms with Crippen LogP contribution in [0.25, 0.3) is 0 Å². The van der Waals surface area contributed by atoms with Gasteiger partial charge in [-0.3, -0.25) is 4.79 Å². The van der Waals surface area contributed by atoms with E-state index in [1.54, 1.807) is 6.07 Å². The van der Waals surface area contributed by atoms with Crippen molar-refractivity contribution in [2.24, 2.45) is 0 Å². The van der Waals surface area contributed by atoms with Crippen LogP contribution in [0.2, 0.25) is 0 Å². The summed E-state index contributed by atoms with van der Waals surface area (Å²) in [6, 6.07) is 2.78. The van der Waals surface area contributed by atoms with Gasteiger partial charge in [0.05, 0.1) is 7.11 Å². The molecule has 4 nitrogen and oxygen atoms in total. The van der Waals surface area contributed by atoms with Crippen molar-refractivity contribution in [3.05, 3.63) is 28.3 Å². The van der Waals surface area contributed by atoms with Crippen LogP contribution in [0.15, 0.2) is 21.5 Å². The lowest BCUT2D eigenvalue weighted by atomic mass is 10.4. The molecule has 1 aromatic heterocycles. The van der Waals surface area contributed by atoms with E-state index in [4.69, 9.17) is 9.68 Å². The minimum absolute atomic E-state index is 0.0178. The summed E-state index contributed by atoms with van der Waals surface area (Å²) in [5, 5.41) is 8.30. The molecule has 56 valence electrons. The molecule has 0 unspecified atom stereocenters. The molecule has 1 aromatic rings. The maximum absolute atomic E-state index is 10.9. The second kappa shape index (κ2) is 2.88. The van der Waals surface area contributed by atoms with E-state index in [0.29, 0.717) is 0 Å². The molecule has 11 heavy (non-hydrogen) atoms. The maximum atomic E-state index is 10.9. The van der Waals surface area contributed by atoms with Crippen molar-refractivity contribution in [2.75, 3.05) is 7.11 Å². The molecule has 1 rings (SSSR count). The lowest BCUT2D eigenvalue weighted by Gasteiger charge is -1.94. The van der Waals surface area contributed by atoms with Crippen LogP contribution in [0.3, 0.4) is 0 Å². The Morgan fingerprint density at radius 2 is 2.45 bits per heavy atom. The number of hydrogen-bond donors (Lipinski definition) is 0. The van der Waals surface area contributed by atoms with Crippen LogP contribution in [0, 0.1) is 11.3 Å². The van der Waals surface area contributed by atoms with Crippen molar-refractivity contribution < 1.29 is 9.15 Å². The second-order valence-electron chi connectivity index (χ2n) is 1.79. The molecule has 0 saturated carbocycles. The summed E-state index contributed by atoms with van der Waals surface area (Å²) >= 11 is 0. The Kier molecular flexibility index (Phi) is 1.93. The van der Waals surface area contributed by atoms with Crippen molar-refractivity contribution in [3.63, 3.8) is 0 Å². The molecular formula is C7H5NO3. The summed E-state index contributed by atoms with van der Waals surface area (Å²) in [5.74, 6) is 0.0831. The molecule has 0 N–H and O–H groups in total. The molecule has 0 atom stereocenters. The topological polar surface area (TPSA) is 63.2 Å². The Labute approximate surface area is 62.6 Å². The van der Waals surface area contributed by atoms with Gasteiger partial charge in [-0.15, -0.1) is 0 Å². The van der Waals surface area contributed by atoms with Gasteiger partial charge in [-0.2, -0.15) is 5.26 Å². The maximum Gasteiger partial charge on any atom is 0.228 e. The van der Waals surface area contributed by atoms with Gasteiger partial charge in [-0.25, -0.2) is 0 Å². The van der Waals surface area contributed by atoms with Crippen LogP contribution in [0.1, 0.15) is 5.76 Å². The Morgan fingerprint density at radius 3 is 2.91 bits per heavy atom. The summed E-state index contributed by atoms with van der Waals surface area (Å²) in [6.07, 6.45) is 1.11. The zero-order chi connectivity index (χ0) is 8.27. The highest BCUT2D eigenvalue weighted by molar-refractivity contribution is 5.23. The predicted molar refractivity (Wildman–Crippen MR) is 36.2 cm³/mol. The van der Waals surface area contributed by atoms with Gasteiger partial charge in [-0.05, 0) is 0 Å². The summed E-state index contributed by atoms with van der Waals surface area (Å²) < 4.78 is 9.32. The number of nitriles is 1. The Morgan fingerprint density at radius 1 is 1.73 bits per heavy atom. The van der Waals surface area contributed by atoms with Gasteiger partial charge in [0, 0.05) is 6.07 Å². The van der Waals surface area contributed by atoms with E-state index in [1.165, 1.54) is 7.11 Å². The van der Waals surface area contributed by atoms with Gasteiger partial charge in [0.1, 0.15) is 12.3 Å². The average molecular weight is 151 g/mol. The van der Waals surface area contributed by atoms with E-state index in [0.717, 1.165) is 12.3 Å². The average Bonchev–Trinajstić information content (AvgIpc) is 2.04. The summed E-state index contributed by atoms with van der Waals surface area (Å²) in [5.41, 5.74) is -0.352. The van der Waals surface area contributed by atoms with Crippen molar-refractivity contribution >= 4 is 0 Å². The minimum Gasteiger partial charge on any atom is -0.490 e. The fourth-order valence-corrected chi connectivity index (χ4v) is 0.607. The second-order valence-corrected chi connectivity index (χ2v) is 1.79. The van der Waals surface area contributed by atoms with E-state index < -0.39 is 0 Å². The van der Waals surface area contributed by atoms with Crippen LogP contribution in [-0.2, 0) is 0 Å². The van der Waals surface area contributed by atoms with Crippen molar-refractivity contribution in [1.82, 2.24) is 0 Å². The first-order valence-electron chi connectivity index (χ1n) is 2.85. The Bertz CT molecular complexity index is 347. The zero-order valence-electron chi connectivity index (χ0n) is 5.83. The van der Waals surface area contributed by atoms with E-state index >= 15 is 0 Å². The Balaban J connectivity index is 3.23. The molecule has 0 saturated heterocycles. The summed E-state index contributed by atoms with van der Waals surface area (Å²) in [7, 11) is 1.36. The lowest BCUT2D eigenvalue weighted by Crippen LogP contribution is -2.03. The number of methoxy groups -OCH3 is 1. The third kappa shape index (κ3) is 1.38. The quantitative estimate of drug-likeness (QED) is 0.587. The molecule has 1 heterocycles. The largest absolute Gasteiger partial charge is 0.490 e. The van der Waals surface area contributed by atoms with Gasteiger partial charge in [0.25, 0.3) is 0 Å². The molecule has 0 aliphatic rings. The van der Waals surface area contributed by atoms with Gasteiger partial charge in [0.15, 0.2) is 0 Å². The normalized spacial score (nSPS) is 8.73. The zero-order valence-corrected chi connectivity index (χ0v) is 5.83. The van der Waals surface area contributed by atoms with E-state index in [2.05, 4.69) is 4.74 Å². The molecule has 0 radical (unpaired) electrons. The molecule has 0 amide bonds. The first kappa shape index (κ1) is 7.35. The van der Waals surface area contributed by atoms with Gasteiger partial charge in [0.2, 0.25) is 16.9 Å². The van der Waals surface area contributed by atoms with Crippen molar-refractivity contribution in [1.29, 1.82) is 5.26 Å². The molecule has 0 aliphatic heterocycles. The summed E-state index contributed by atoms with van der Waals surface area (Å²) in [4.78, 5) is 10.9. The standard InChI is InChI=1S/C7H5NO3/c1-10-7-4-11-5(3-8)2-6(7)9/h2,4H,1H3. The highest BCUT2D eigenvalue weighted by atomic mass is 16.5. The molecular weight excluding hydrogens is 146 g/mol. The first-order valence-corrected chi connectivity index (χ1v) is 2.85. The highest BCUT2D eigenvalue weighted by Gasteiger charge is 2.00. The van der Waals surface area contributed by atoms with Gasteiger partial charge >= 0.3 is 0 Å². The number of hydrogen-bond acceptors (Lipinski definition) is 4. The fourth-order valence-electron chi connectivity index (χ4n) is 0.607. The van der Waals surface area contributed by atoms with E-state index in [-0.39, 0.29) is 16.9 Å². The molecule has 0 aliphatic carbocycles. The smallest absolute Gasteiger partial charge is 0.228 e. The third-order valence-corrected chi connectivity index (χ3v) is 1.13. The fraction of sp³-hybridized carbons (Fsp3) is 0.143. The first-order chi connectivity index (χ1) is 5.27. The SMILES string of the molecule is COc1coc(C#N)cc1=O. The van der Waals surface area contributed by atoms with Crippen molar-refractivity contribution in [2.45, 2.75) is 0 Å². The van der Waals surface area contributed by atoms with Gasteiger partial charge in [-0.1, -0.05) is 0 Å². The molecule has 0 bridgehead atoms. The predicted octanol–water partition coefficient (Wildman–Crippen LogP) is 0.520. The van der Waals surface area contributed by atoms with Crippen LogP contribution < -0.4 is 10.2 Å². The number of nitrogens with zero attached hydrogens (tertiary/aromatic N) is 1. The molecule has 0 spiro atoms. The van der Waals surface area contributed by atoms with Crippen LogP contribution in [-0.4, -0.2) is 7.11 Å². The van der Waals surface area contributed by atoms with Crippen LogP contribution >= 0.6 is 0 Å². The highest BCUT2D eigenvalue weighted by Crippen LogP contribution is 2.02. The van der Waals surface area contributed by atoms with Crippen LogP contribution in [0.4, 0.5) is 0 Å². The number of ether oxygens (including phenoxy) is 1. The Hall–Kier alpha value is -1.76. The van der Waals surface area contributed by atoms with Crippen LogP contribution in [0.5, 0.6) is 5.75 Å². The number of rotatable bonds is 1. The van der Waals surface area contributed by atoms with Gasteiger partial charge < -0.3 is 9.15 Å². The van der Waals surface area contributed by atoms with E-state index in [9.17, 15) is 4.79 Å². The monoisotopic (exact) mass is 151 g/mol. The third-order valence-electron chi connectivity index (χ3n) is 1.13. The minimum atomic E-state index is -0.352.